The van der Waals surface area contributed by atoms with Crippen LogP contribution < -0.4 is 10.2 Å². The number of piperidine rings is 1. The summed E-state index contributed by atoms with van der Waals surface area (Å²) in [5.41, 5.74) is 5.51. The van der Waals surface area contributed by atoms with Crippen molar-refractivity contribution in [2.75, 3.05) is 18.0 Å². The highest BCUT2D eigenvalue weighted by molar-refractivity contribution is 5.74. The molecule has 4 rings (SSSR count). The zero-order chi connectivity index (χ0) is 16.4. The fourth-order valence-electron chi connectivity index (χ4n) is 4.09. The van der Waals surface area contributed by atoms with E-state index in [4.69, 9.17) is 0 Å². The molecule has 2 aliphatic rings. The van der Waals surface area contributed by atoms with Crippen molar-refractivity contribution in [2.45, 2.75) is 51.1 Å². The zero-order valence-corrected chi connectivity index (χ0v) is 14.7. The average molecular weight is 320 g/mol. The average Bonchev–Trinajstić information content (AvgIpc) is 2.60. The quantitative estimate of drug-likeness (QED) is 0.872. The molecule has 1 aliphatic carbocycles. The second-order valence-electron chi connectivity index (χ2n) is 7.37. The Labute approximate surface area is 145 Å². The number of nitrogens with zero attached hydrogens (tertiary/aromatic N) is 1. The van der Waals surface area contributed by atoms with Crippen molar-refractivity contribution >= 4 is 5.69 Å². The first kappa shape index (κ1) is 15.7. The maximum absolute atomic E-state index is 3.85. The van der Waals surface area contributed by atoms with Gasteiger partial charge in [0, 0.05) is 30.9 Å². The standard InChI is InChI=1S/C22H28N2/c1-17-21(18-7-3-2-4-8-18)11-6-12-22(17)24-15-13-20(14-16-24)23-19-9-5-10-19/h2-4,6-8,11-12,19-20,23H,5,9-10,13-16H2,1H3. The van der Waals surface area contributed by atoms with Gasteiger partial charge in [0.2, 0.25) is 0 Å². The van der Waals surface area contributed by atoms with E-state index < -0.39 is 0 Å². The molecule has 126 valence electrons. The van der Waals surface area contributed by atoms with Gasteiger partial charge in [0.1, 0.15) is 0 Å². The van der Waals surface area contributed by atoms with Crippen LogP contribution in [0.2, 0.25) is 0 Å². The van der Waals surface area contributed by atoms with E-state index in [2.05, 4.69) is 65.7 Å². The van der Waals surface area contributed by atoms with Gasteiger partial charge in [0.15, 0.2) is 0 Å². The highest BCUT2D eigenvalue weighted by Gasteiger charge is 2.25. The van der Waals surface area contributed by atoms with Crippen LogP contribution in [0, 0.1) is 6.92 Å². The van der Waals surface area contributed by atoms with Crippen molar-refractivity contribution in [3.8, 4) is 11.1 Å². The first-order chi connectivity index (χ1) is 11.8. The Morgan fingerprint density at radius 2 is 1.54 bits per heavy atom. The van der Waals surface area contributed by atoms with E-state index in [0.29, 0.717) is 0 Å². The summed E-state index contributed by atoms with van der Waals surface area (Å²) in [7, 11) is 0. The lowest BCUT2D eigenvalue weighted by Gasteiger charge is -2.38. The maximum Gasteiger partial charge on any atom is 0.0402 e. The van der Waals surface area contributed by atoms with Crippen molar-refractivity contribution < 1.29 is 0 Å². The van der Waals surface area contributed by atoms with Crippen LogP contribution in [0.1, 0.15) is 37.7 Å². The van der Waals surface area contributed by atoms with E-state index in [0.717, 1.165) is 12.1 Å². The summed E-state index contributed by atoms with van der Waals surface area (Å²) in [5.74, 6) is 0. The molecule has 2 fully saturated rings. The summed E-state index contributed by atoms with van der Waals surface area (Å²) in [6.07, 6.45) is 6.73. The van der Waals surface area contributed by atoms with E-state index in [1.54, 1.807) is 0 Å². The van der Waals surface area contributed by atoms with E-state index in [-0.39, 0.29) is 0 Å². The molecule has 0 aromatic heterocycles. The summed E-state index contributed by atoms with van der Waals surface area (Å²) >= 11 is 0. The Bertz CT molecular complexity index is 668. The fourth-order valence-corrected chi connectivity index (χ4v) is 4.09. The van der Waals surface area contributed by atoms with Gasteiger partial charge >= 0.3 is 0 Å². The van der Waals surface area contributed by atoms with Crippen molar-refractivity contribution in [3.63, 3.8) is 0 Å². The molecular formula is C22H28N2. The molecule has 1 saturated carbocycles. The minimum Gasteiger partial charge on any atom is -0.371 e. The van der Waals surface area contributed by atoms with Gasteiger partial charge in [-0.1, -0.05) is 48.9 Å². The molecule has 0 atom stereocenters. The van der Waals surface area contributed by atoms with Crippen molar-refractivity contribution in [1.82, 2.24) is 5.32 Å². The van der Waals surface area contributed by atoms with Gasteiger partial charge in [0.25, 0.3) is 0 Å². The van der Waals surface area contributed by atoms with Crippen molar-refractivity contribution in [2.24, 2.45) is 0 Å². The van der Waals surface area contributed by atoms with E-state index >= 15 is 0 Å². The van der Waals surface area contributed by atoms with Crippen LogP contribution in [-0.4, -0.2) is 25.2 Å². The first-order valence-electron chi connectivity index (χ1n) is 9.47. The van der Waals surface area contributed by atoms with Crippen LogP contribution in [0.5, 0.6) is 0 Å². The lowest BCUT2D eigenvalue weighted by molar-refractivity contribution is 0.280. The second-order valence-corrected chi connectivity index (χ2v) is 7.37. The molecule has 0 radical (unpaired) electrons. The summed E-state index contributed by atoms with van der Waals surface area (Å²) in [6.45, 7) is 4.61. The monoisotopic (exact) mass is 320 g/mol. The molecule has 1 saturated heterocycles. The van der Waals surface area contributed by atoms with Crippen LogP contribution in [0.3, 0.4) is 0 Å². The minimum atomic E-state index is 0.726. The van der Waals surface area contributed by atoms with Gasteiger partial charge in [-0.25, -0.2) is 0 Å². The predicted molar refractivity (Wildman–Crippen MR) is 103 cm³/mol. The van der Waals surface area contributed by atoms with Crippen LogP contribution in [-0.2, 0) is 0 Å². The third-order valence-corrected chi connectivity index (χ3v) is 5.80. The Kier molecular flexibility index (Phi) is 4.57. The number of benzene rings is 2. The molecule has 1 heterocycles. The highest BCUT2D eigenvalue weighted by Crippen LogP contribution is 2.32. The molecular weight excluding hydrogens is 292 g/mol. The number of anilines is 1. The largest absolute Gasteiger partial charge is 0.371 e. The number of nitrogens with one attached hydrogen (secondary N) is 1. The molecule has 2 nitrogen and oxygen atoms in total. The van der Waals surface area contributed by atoms with E-state index in [1.165, 1.54) is 67.6 Å². The normalized spacial score (nSPS) is 19.3. The Morgan fingerprint density at radius 3 is 2.21 bits per heavy atom. The highest BCUT2D eigenvalue weighted by atomic mass is 15.2. The summed E-state index contributed by atoms with van der Waals surface area (Å²) < 4.78 is 0. The lowest BCUT2D eigenvalue weighted by Crippen LogP contribution is -2.48. The first-order valence-corrected chi connectivity index (χ1v) is 9.47. The summed E-state index contributed by atoms with van der Waals surface area (Å²) in [4.78, 5) is 2.58. The third kappa shape index (κ3) is 3.21. The maximum atomic E-state index is 3.85. The van der Waals surface area contributed by atoms with Gasteiger partial charge in [-0.15, -0.1) is 0 Å². The second kappa shape index (κ2) is 6.98. The van der Waals surface area contributed by atoms with Gasteiger partial charge in [-0.05, 0) is 55.4 Å². The van der Waals surface area contributed by atoms with Gasteiger partial charge < -0.3 is 10.2 Å². The SMILES string of the molecule is Cc1c(-c2ccccc2)cccc1N1CCC(NC2CCC2)CC1. The summed E-state index contributed by atoms with van der Waals surface area (Å²) in [6, 6.07) is 19.0. The number of rotatable bonds is 4. The van der Waals surface area contributed by atoms with Crippen LogP contribution >= 0.6 is 0 Å². The lowest BCUT2D eigenvalue weighted by atomic mass is 9.91. The fraction of sp³-hybridized carbons (Fsp3) is 0.455. The number of hydrogen-bond donors (Lipinski definition) is 1. The van der Waals surface area contributed by atoms with Gasteiger partial charge in [0.05, 0.1) is 0 Å². The number of hydrogen-bond acceptors (Lipinski definition) is 2. The minimum absolute atomic E-state index is 0.726. The molecule has 0 spiro atoms. The molecule has 2 heteroatoms. The van der Waals surface area contributed by atoms with Crippen LogP contribution in [0.15, 0.2) is 48.5 Å². The van der Waals surface area contributed by atoms with E-state index in [9.17, 15) is 0 Å². The van der Waals surface area contributed by atoms with Crippen LogP contribution in [0.4, 0.5) is 5.69 Å². The van der Waals surface area contributed by atoms with Crippen LogP contribution in [0.25, 0.3) is 11.1 Å². The Hall–Kier alpha value is -1.80. The Morgan fingerprint density at radius 1 is 0.833 bits per heavy atom. The molecule has 1 aliphatic heterocycles. The summed E-state index contributed by atoms with van der Waals surface area (Å²) in [5, 5.41) is 3.85. The smallest absolute Gasteiger partial charge is 0.0402 e. The van der Waals surface area contributed by atoms with Gasteiger partial charge in [-0.2, -0.15) is 0 Å². The molecule has 0 bridgehead atoms. The van der Waals surface area contributed by atoms with Crippen molar-refractivity contribution in [1.29, 1.82) is 0 Å². The molecule has 0 amide bonds. The Balaban J connectivity index is 1.47. The molecule has 24 heavy (non-hydrogen) atoms. The third-order valence-electron chi connectivity index (χ3n) is 5.80. The topological polar surface area (TPSA) is 15.3 Å². The molecule has 2 aromatic rings. The van der Waals surface area contributed by atoms with E-state index in [1.807, 2.05) is 0 Å². The molecule has 2 aromatic carbocycles. The molecule has 0 unspecified atom stereocenters. The van der Waals surface area contributed by atoms with Crippen molar-refractivity contribution in [3.05, 3.63) is 54.1 Å². The molecule has 1 N–H and O–H groups in total. The predicted octanol–water partition coefficient (Wildman–Crippen LogP) is 4.77. The van der Waals surface area contributed by atoms with Gasteiger partial charge in [-0.3, -0.25) is 0 Å². The zero-order valence-electron chi connectivity index (χ0n) is 14.7.